The van der Waals surface area contributed by atoms with Gasteiger partial charge in [0, 0.05) is 5.69 Å². The Morgan fingerprint density at radius 3 is 2.57 bits per heavy atom. The lowest BCUT2D eigenvalue weighted by Crippen LogP contribution is -2.21. The van der Waals surface area contributed by atoms with E-state index in [2.05, 4.69) is 24.5 Å². The quantitative estimate of drug-likeness (QED) is 0.546. The molecule has 0 unspecified atom stereocenters. The van der Waals surface area contributed by atoms with E-state index >= 15 is 0 Å². The smallest absolute Gasteiger partial charge is 0.263 e. The second kappa shape index (κ2) is 9.03. The lowest BCUT2D eigenvalue weighted by molar-refractivity contribution is -0.118. The molecule has 1 heterocycles. The normalized spacial score (nSPS) is 15.0. The summed E-state index contributed by atoms with van der Waals surface area (Å²) >= 11 is 6.21. The van der Waals surface area contributed by atoms with E-state index in [0.717, 1.165) is 16.8 Å². The van der Waals surface area contributed by atoms with Gasteiger partial charge in [0.2, 0.25) is 0 Å². The van der Waals surface area contributed by atoms with Crippen molar-refractivity contribution in [1.29, 1.82) is 0 Å². The molecule has 1 aliphatic heterocycles. The summed E-state index contributed by atoms with van der Waals surface area (Å²) in [5.74, 6) is 0.488. The maximum atomic E-state index is 12.2. The summed E-state index contributed by atoms with van der Waals surface area (Å²) in [6.07, 6.45) is 1.76. The first-order chi connectivity index (χ1) is 13.4. The summed E-state index contributed by atoms with van der Waals surface area (Å²) in [4.78, 5) is 24.5. The molecule has 0 aromatic heterocycles. The summed E-state index contributed by atoms with van der Waals surface area (Å²) < 4.78 is 6.03. The predicted octanol–water partition coefficient (Wildman–Crippen LogP) is 4.32. The van der Waals surface area contributed by atoms with E-state index in [1.54, 1.807) is 18.2 Å². The third-order valence-electron chi connectivity index (χ3n) is 4.05. The molecule has 5 nitrogen and oxygen atoms in total. The molecule has 2 aromatic rings. The molecule has 1 aliphatic rings. The highest BCUT2D eigenvalue weighted by Gasteiger charge is 2.21. The number of thiocarbonyl (C=S) groups is 1. The third kappa shape index (κ3) is 5.21. The minimum absolute atomic E-state index is 0.0839. The number of carbonyl (C=O) groups is 2. The van der Waals surface area contributed by atoms with Crippen LogP contribution in [-0.4, -0.2) is 22.7 Å². The molecule has 1 fully saturated rings. The van der Waals surface area contributed by atoms with Gasteiger partial charge in [-0.25, -0.2) is 0 Å². The molecule has 0 saturated carbocycles. The van der Waals surface area contributed by atoms with Crippen molar-refractivity contribution in [2.45, 2.75) is 19.8 Å². The van der Waals surface area contributed by atoms with Gasteiger partial charge in [-0.3, -0.25) is 9.59 Å². The van der Waals surface area contributed by atoms with E-state index in [0.29, 0.717) is 20.9 Å². The number of hydrogen-bond acceptors (Lipinski definition) is 5. The van der Waals surface area contributed by atoms with Gasteiger partial charge in [0.15, 0.2) is 6.61 Å². The van der Waals surface area contributed by atoms with Crippen LogP contribution in [0.1, 0.15) is 30.9 Å². The number of amides is 2. The Morgan fingerprint density at radius 2 is 1.93 bits per heavy atom. The number of hydrogen-bond donors (Lipinski definition) is 2. The SMILES string of the molecule is CC(C)c1ccccc1NC(=O)COc1ccc(/C=C2\SC(=S)NC2=O)cc1. The first-order valence-corrected chi connectivity index (χ1v) is 10.0. The number of thioether (sulfide) groups is 1. The minimum Gasteiger partial charge on any atom is -0.484 e. The molecule has 3 rings (SSSR count). The molecule has 0 bridgehead atoms. The standard InChI is InChI=1S/C21H20N2O3S2/c1-13(2)16-5-3-4-6-17(16)22-19(24)12-26-15-9-7-14(8-10-15)11-18-20(25)23-21(27)28-18/h3-11,13H,12H2,1-2H3,(H,22,24)(H,23,25,27)/b18-11-. The Balaban J connectivity index is 1.57. The van der Waals surface area contributed by atoms with Crippen molar-refractivity contribution < 1.29 is 14.3 Å². The van der Waals surface area contributed by atoms with Crippen LogP contribution in [0.4, 0.5) is 5.69 Å². The zero-order valence-electron chi connectivity index (χ0n) is 15.5. The lowest BCUT2D eigenvalue weighted by Gasteiger charge is -2.14. The molecule has 0 spiro atoms. The monoisotopic (exact) mass is 412 g/mol. The second-order valence-electron chi connectivity index (χ2n) is 6.50. The van der Waals surface area contributed by atoms with Crippen LogP contribution < -0.4 is 15.4 Å². The van der Waals surface area contributed by atoms with Crippen molar-refractivity contribution in [2.24, 2.45) is 0 Å². The van der Waals surface area contributed by atoms with Gasteiger partial charge >= 0.3 is 0 Å². The number of nitrogens with one attached hydrogen (secondary N) is 2. The zero-order chi connectivity index (χ0) is 20.1. The summed E-state index contributed by atoms with van der Waals surface area (Å²) in [6.45, 7) is 4.08. The number of rotatable bonds is 6. The molecular weight excluding hydrogens is 392 g/mol. The Bertz CT molecular complexity index is 937. The molecule has 0 atom stereocenters. The van der Waals surface area contributed by atoms with Crippen LogP contribution in [0.3, 0.4) is 0 Å². The van der Waals surface area contributed by atoms with E-state index in [1.807, 2.05) is 36.4 Å². The molecule has 28 heavy (non-hydrogen) atoms. The van der Waals surface area contributed by atoms with Gasteiger partial charge in [-0.2, -0.15) is 0 Å². The molecular formula is C21H20N2O3S2. The molecule has 1 saturated heterocycles. The van der Waals surface area contributed by atoms with E-state index in [9.17, 15) is 9.59 Å². The van der Waals surface area contributed by atoms with E-state index in [4.69, 9.17) is 17.0 Å². The van der Waals surface area contributed by atoms with E-state index in [-0.39, 0.29) is 18.4 Å². The van der Waals surface area contributed by atoms with Crippen LogP contribution in [-0.2, 0) is 9.59 Å². The highest BCUT2D eigenvalue weighted by Crippen LogP contribution is 2.26. The van der Waals surface area contributed by atoms with Crippen molar-refractivity contribution in [3.05, 3.63) is 64.6 Å². The van der Waals surface area contributed by atoms with E-state index in [1.165, 1.54) is 11.8 Å². The highest BCUT2D eigenvalue weighted by molar-refractivity contribution is 8.26. The van der Waals surface area contributed by atoms with Gasteiger partial charge in [0.1, 0.15) is 10.1 Å². The topological polar surface area (TPSA) is 67.4 Å². The fourth-order valence-electron chi connectivity index (χ4n) is 2.68. The van der Waals surface area contributed by atoms with Crippen molar-refractivity contribution >= 4 is 51.9 Å². The predicted molar refractivity (Wildman–Crippen MR) is 117 cm³/mol. The fraction of sp³-hybridized carbons (Fsp3) is 0.190. The largest absolute Gasteiger partial charge is 0.484 e. The maximum absolute atomic E-state index is 12.2. The second-order valence-corrected chi connectivity index (χ2v) is 8.22. The van der Waals surface area contributed by atoms with Crippen LogP contribution in [0.5, 0.6) is 5.75 Å². The highest BCUT2D eigenvalue weighted by atomic mass is 32.2. The van der Waals surface area contributed by atoms with Crippen LogP contribution in [0.15, 0.2) is 53.4 Å². The summed E-state index contributed by atoms with van der Waals surface area (Å²) in [6, 6.07) is 14.9. The van der Waals surface area contributed by atoms with Crippen molar-refractivity contribution in [3.63, 3.8) is 0 Å². The van der Waals surface area contributed by atoms with Crippen LogP contribution in [0.2, 0.25) is 0 Å². The molecule has 2 aromatic carbocycles. The molecule has 0 radical (unpaired) electrons. The summed E-state index contributed by atoms with van der Waals surface area (Å²) in [5.41, 5.74) is 2.74. The first-order valence-electron chi connectivity index (χ1n) is 8.79. The van der Waals surface area contributed by atoms with Crippen molar-refractivity contribution in [2.75, 3.05) is 11.9 Å². The van der Waals surface area contributed by atoms with Crippen LogP contribution in [0, 0.1) is 0 Å². The zero-order valence-corrected chi connectivity index (χ0v) is 17.2. The van der Waals surface area contributed by atoms with E-state index < -0.39 is 0 Å². The Morgan fingerprint density at radius 1 is 1.21 bits per heavy atom. The lowest BCUT2D eigenvalue weighted by atomic mass is 10.0. The number of anilines is 1. The van der Waals surface area contributed by atoms with Gasteiger partial charge in [-0.05, 0) is 41.3 Å². The Hall–Kier alpha value is -2.64. The third-order valence-corrected chi connectivity index (χ3v) is 5.21. The number of benzene rings is 2. The van der Waals surface area contributed by atoms with Crippen molar-refractivity contribution in [1.82, 2.24) is 5.32 Å². The van der Waals surface area contributed by atoms with Gasteiger partial charge in [0.05, 0.1) is 4.91 Å². The van der Waals surface area contributed by atoms with Gasteiger partial charge < -0.3 is 15.4 Å². The van der Waals surface area contributed by atoms with Gasteiger partial charge in [-0.1, -0.05) is 68.2 Å². The van der Waals surface area contributed by atoms with Crippen LogP contribution in [0.25, 0.3) is 6.08 Å². The summed E-state index contributed by atoms with van der Waals surface area (Å²) in [5, 5.41) is 5.48. The minimum atomic E-state index is -0.216. The Kier molecular flexibility index (Phi) is 6.49. The van der Waals surface area contributed by atoms with Gasteiger partial charge in [-0.15, -0.1) is 0 Å². The fourth-order valence-corrected chi connectivity index (χ4v) is 3.73. The average Bonchev–Trinajstić information content (AvgIpc) is 2.98. The molecule has 7 heteroatoms. The molecule has 0 aliphatic carbocycles. The van der Waals surface area contributed by atoms with Crippen LogP contribution >= 0.6 is 24.0 Å². The molecule has 2 amide bonds. The van der Waals surface area contributed by atoms with Crippen molar-refractivity contribution in [3.8, 4) is 5.75 Å². The van der Waals surface area contributed by atoms with Gasteiger partial charge in [0.25, 0.3) is 11.8 Å². The maximum Gasteiger partial charge on any atom is 0.263 e. The molecule has 2 N–H and O–H groups in total. The Labute approximate surface area is 173 Å². The molecule has 144 valence electrons. The average molecular weight is 413 g/mol. The first kappa shape index (κ1) is 20.1. The number of ether oxygens (including phenoxy) is 1. The number of carbonyl (C=O) groups excluding carboxylic acids is 2. The number of para-hydroxylation sites is 1. The summed E-state index contributed by atoms with van der Waals surface area (Å²) in [7, 11) is 0.